The number of rotatable bonds is 7. The maximum atomic E-state index is 12.8. The van der Waals surface area contributed by atoms with E-state index in [0.29, 0.717) is 18.3 Å². The SMILES string of the molecule is CC[C@H](Oc1ccccc1C(C)C)C(=O)N1CC[C@@H](CNC)C1. The van der Waals surface area contributed by atoms with E-state index in [0.717, 1.165) is 37.4 Å². The van der Waals surface area contributed by atoms with Crippen molar-refractivity contribution < 1.29 is 9.53 Å². The molecule has 1 amide bonds. The van der Waals surface area contributed by atoms with Crippen LogP contribution in [0, 0.1) is 5.92 Å². The number of nitrogens with zero attached hydrogens (tertiary/aromatic N) is 1. The van der Waals surface area contributed by atoms with Crippen molar-refractivity contribution >= 4 is 5.91 Å². The Kier molecular flexibility index (Phi) is 6.46. The quantitative estimate of drug-likeness (QED) is 0.840. The van der Waals surface area contributed by atoms with Crippen LogP contribution in [0.5, 0.6) is 5.75 Å². The monoisotopic (exact) mass is 318 g/mol. The standard InChI is InChI=1S/C19H30N2O2/c1-5-17(19(22)21-11-10-15(13-21)12-20-4)23-18-9-7-6-8-16(18)14(2)3/h6-9,14-15,17,20H,5,10-13H2,1-4H3/t15-,17-/m0/s1. The maximum Gasteiger partial charge on any atom is 0.263 e. The number of ether oxygens (including phenoxy) is 1. The van der Waals surface area contributed by atoms with Crippen molar-refractivity contribution in [3.05, 3.63) is 29.8 Å². The van der Waals surface area contributed by atoms with Gasteiger partial charge in [0.05, 0.1) is 0 Å². The second-order valence-electron chi connectivity index (χ2n) is 6.70. The van der Waals surface area contributed by atoms with E-state index in [4.69, 9.17) is 4.74 Å². The summed E-state index contributed by atoms with van der Waals surface area (Å²) in [6, 6.07) is 8.04. The number of hydrogen-bond donors (Lipinski definition) is 1. The molecule has 1 saturated heterocycles. The van der Waals surface area contributed by atoms with Crippen LogP contribution in [0.1, 0.15) is 45.1 Å². The second kappa shape index (κ2) is 8.34. The molecule has 1 aliphatic rings. The second-order valence-corrected chi connectivity index (χ2v) is 6.70. The van der Waals surface area contributed by atoms with Crippen molar-refractivity contribution in [2.24, 2.45) is 5.92 Å². The molecule has 1 N–H and O–H groups in total. The predicted octanol–water partition coefficient (Wildman–Crippen LogP) is 3.04. The Labute approximate surface area is 140 Å². The van der Waals surface area contributed by atoms with Crippen molar-refractivity contribution in [1.29, 1.82) is 0 Å². The third-order valence-electron chi connectivity index (χ3n) is 4.55. The van der Waals surface area contributed by atoms with Crippen LogP contribution in [0.25, 0.3) is 0 Å². The minimum atomic E-state index is -0.386. The Morgan fingerprint density at radius 1 is 1.39 bits per heavy atom. The molecular weight excluding hydrogens is 288 g/mol. The number of carbonyl (C=O) groups excluding carboxylic acids is 1. The highest BCUT2D eigenvalue weighted by Gasteiger charge is 2.31. The summed E-state index contributed by atoms with van der Waals surface area (Å²) < 4.78 is 6.12. The molecule has 1 aromatic rings. The van der Waals surface area contributed by atoms with E-state index < -0.39 is 0 Å². The lowest BCUT2D eigenvalue weighted by molar-refractivity contribution is -0.137. The van der Waals surface area contributed by atoms with Gasteiger partial charge in [-0.1, -0.05) is 39.0 Å². The van der Waals surface area contributed by atoms with Crippen molar-refractivity contribution in [1.82, 2.24) is 10.2 Å². The molecule has 1 aliphatic heterocycles. The van der Waals surface area contributed by atoms with Gasteiger partial charge in [0.1, 0.15) is 5.75 Å². The zero-order chi connectivity index (χ0) is 16.8. The molecule has 0 aliphatic carbocycles. The number of nitrogens with one attached hydrogen (secondary N) is 1. The largest absolute Gasteiger partial charge is 0.480 e. The lowest BCUT2D eigenvalue weighted by Crippen LogP contribution is -2.41. The molecule has 1 heterocycles. The highest BCUT2D eigenvalue weighted by atomic mass is 16.5. The fourth-order valence-electron chi connectivity index (χ4n) is 3.22. The minimum Gasteiger partial charge on any atom is -0.480 e. The van der Waals surface area contributed by atoms with Gasteiger partial charge in [-0.05, 0) is 49.9 Å². The molecular formula is C19H30N2O2. The third kappa shape index (κ3) is 4.47. The van der Waals surface area contributed by atoms with Crippen LogP contribution in [-0.4, -0.2) is 43.6 Å². The molecule has 4 nitrogen and oxygen atoms in total. The van der Waals surface area contributed by atoms with Crippen LogP contribution in [0.15, 0.2) is 24.3 Å². The summed E-state index contributed by atoms with van der Waals surface area (Å²) in [4.78, 5) is 14.8. The first-order chi connectivity index (χ1) is 11.1. The Hall–Kier alpha value is -1.55. The molecule has 23 heavy (non-hydrogen) atoms. The van der Waals surface area contributed by atoms with Gasteiger partial charge in [-0.25, -0.2) is 0 Å². The minimum absolute atomic E-state index is 0.129. The van der Waals surface area contributed by atoms with Crippen LogP contribution in [0.2, 0.25) is 0 Å². The highest BCUT2D eigenvalue weighted by molar-refractivity contribution is 5.81. The molecule has 0 unspecified atom stereocenters. The normalized spacial score (nSPS) is 19.2. The Morgan fingerprint density at radius 2 is 2.13 bits per heavy atom. The average Bonchev–Trinajstić information content (AvgIpc) is 3.01. The van der Waals surface area contributed by atoms with Crippen molar-refractivity contribution in [2.45, 2.75) is 45.6 Å². The topological polar surface area (TPSA) is 41.6 Å². The smallest absolute Gasteiger partial charge is 0.263 e. The number of benzene rings is 1. The molecule has 4 heteroatoms. The summed E-state index contributed by atoms with van der Waals surface area (Å²) in [6.07, 6.45) is 1.38. The molecule has 0 spiro atoms. The third-order valence-corrected chi connectivity index (χ3v) is 4.55. The Balaban J connectivity index is 2.04. The van der Waals surface area contributed by atoms with Gasteiger partial charge in [-0.15, -0.1) is 0 Å². The molecule has 0 radical (unpaired) electrons. The van der Waals surface area contributed by atoms with E-state index in [1.54, 1.807) is 0 Å². The average molecular weight is 318 g/mol. The van der Waals surface area contributed by atoms with E-state index >= 15 is 0 Å². The number of amides is 1. The lowest BCUT2D eigenvalue weighted by Gasteiger charge is -2.25. The van der Waals surface area contributed by atoms with Crippen molar-refractivity contribution in [3.8, 4) is 5.75 Å². The van der Waals surface area contributed by atoms with Crippen LogP contribution in [0.4, 0.5) is 0 Å². The maximum absolute atomic E-state index is 12.8. The highest BCUT2D eigenvalue weighted by Crippen LogP contribution is 2.28. The summed E-state index contributed by atoms with van der Waals surface area (Å²) in [5, 5.41) is 3.20. The van der Waals surface area contributed by atoms with Gasteiger partial charge in [0.15, 0.2) is 6.10 Å². The van der Waals surface area contributed by atoms with Gasteiger partial charge in [-0.2, -0.15) is 0 Å². The lowest BCUT2D eigenvalue weighted by atomic mass is 10.0. The molecule has 0 bridgehead atoms. The Morgan fingerprint density at radius 3 is 2.78 bits per heavy atom. The van der Waals surface area contributed by atoms with Gasteiger partial charge in [0, 0.05) is 13.1 Å². The number of hydrogen-bond acceptors (Lipinski definition) is 3. The molecule has 2 rings (SSSR count). The first kappa shape index (κ1) is 17.8. The van der Waals surface area contributed by atoms with Crippen molar-refractivity contribution in [2.75, 3.05) is 26.7 Å². The van der Waals surface area contributed by atoms with E-state index in [1.807, 2.05) is 37.1 Å². The molecule has 1 aromatic carbocycles. The van der Waals surface area contributed by atoms with E-state index in [9.17, 15) is 4.79 Å². The van der Waals surface area contributed by atoms with Crippen LogP contribution in [0.3, 0.4) is 0 Å². The Bertz CT molecular complexity index is 516. The fourth-order valence-corrected chi connectivity index (χ4v) is 3.22. The van der Waals surface area contributed by atoms with E-state index in [2.05, 4.69) is 25.2 Å². The zero-order valence-electron chi connectivity index (χ0n) is 14.8. The van der Waals surface area contributed by atoms with Crippen LogP contribution < -0.4 is 10.1 Å². The summed E-state index contributed by atoms with van der Waals surface area (Å²) in [5.74, 6) is 1.91. The van der Waals surface area contributed by atoms with E-state index in [1.165, 1.54) is 0 Å². The number of likely N-dealkylation sites (tertiary alicyclic amines) is 1. The predicted molar refractivity (Wildman–Crippen MR) is 93.9 cm³/mol. The van der Waals surface area contributed by atoms with E-state index in [-0.39, 0.29) is 12.0 Å². The molecule has 2 atom stereocenters. The fraction of sp³-hybridized carbons (Fsp3) is 0.632. The van der Waals surface area contributed by atoms with Gasteiger partial charge in [0.2, 0.25) is 0 Å². The van der Waals surface area contributed by atoms with Crippen LogP contribution in [-0.2, 0) is 4.79 Å². The molecule has 0 aromatic heterocycles. The summed E-state index contributed by atoms with van der Waals surface area (Å²) in [7, 11) is 1.96. The first-order valence-corrected chi connectivity index (χ1v) is 8.75. The van der Waals surface area contributed by atoms with Gasteiger partial charge in [-0.3, -0.25) is 4.79 Å². The van der Waals surface area contributed by atoms with Gasteiger partial charge < -0.3 is 15.0 Å². The zero-order valence-corrected chi connectivity index (χ0v) is 14.8. The van der Waals surface area contributed by atoms with Crippen LogP contribution >= 0.6 is 0 Å². The summed E-state index contributed by atoms with van der Waals surface area (Å²) in [6.45, 7) is 8.96. The van der Waals surface area contributed by atoms with Crippen molar-refractivity contribution in [3.63, 3.8) is 0 Å². The molecule has 0 saturated carbocycles. The number of para-hydroxylation sites is 1. The molecule has 128 valence electrons. The number of carbonyl (C=O) groups is 1. The summed E-state index contributed by atoms with van der Waals surface area (Å²) in [5.41, 5.74) is 1.16. The summed E-state index contributed by atoms with van der Waals surface area (Å²) >= 11 is 0. The van der Waals surface area contributed by atoms with Gasteiger partial charge in [0.25, 0.3) is 5.91 Å². The van der Waals surface area contributed by atoms with Gasteiger partial charge >= 0.3 is 0 Å². The molecule has 1 fully saturated rings. The first-order valence-electron chi connectivity index (χ1n) is 8.75.